The quantitative estimate of drug-likeness (QED) is 0.742. The first-order valence-corrected chi connectivity index (χ1v) is 5.15. The van der Waals surface area contributed by atoms with Gasteiger partial charge in [0, 0.05) is 17.7 Å². The monoisotopic (exact) mass is 242 g/mol. The summed E-state index contributed by atoms with van der Waals surface area (Å²) < 4.78 is 18.2. The number of carbonyl (C=O) groups excluding carboxylic acids is 1. The summed E-state index contributed by atoms with van der Waals surface area (Å²) in [6, 6.07) is 4.43. The zero-order chi connectivity index (χ0) is 12.0. The number of benzene rings is 1. The van der Waals surface area contributed by atoms with Crippen molar-refractivity contribution in [1.29, 1.82) is 0 Å². The van der Waals surface area contributed by atoms with E-state index in [0.29, 0.717) is 23.3 Å². The topological polar surface area (TPSA) is 26.3 Å². The van der Waals surface area contributed by atoms with Crippen LogP contribution < -0.4 is 0 Å². The summed E-state index contributed by atoms with van der Waals surface area (Å²) in [5.74, 6) is -0.385. The molecule has 0 unspecified atom stereocenters. The molecule has 0 aliphatic carbocycles. The van der Waals surface area contributed by atoms with Crippen molar-refractivity contribution in [2.24, 2.45) is 0 Å². The minimum atomic E-state index is -0.480. The van der Waals surface area contributed by atoms with E-state index in [0.717, 1.165) is 0 Å². The first-order chi connectivity index (χ1) is 7.67. The number of halogens is 2. The van der Waals surface area contributed by atoms with Gasteiger partial charge in [-0.25, -0.2) is 4.39 Å². The van der Waals surface area contributed by atoms with Crippen LogP contribution in [0.4, 0.5) is 4.39 Å². The molecule has 0 aliphatic heterocycles. The number of methoxy groups -OCH3 is 1. The van der Waals surface area contributed by atoms with E-state index in [1.54, 1.807) is 24.3 Å². The smallest absolute Gasteiger partial charge is 0.149 e. The third-order valence-electron chi connectivity index (χ3n) is 2.08. The summed E-state index contributed by atoms with van der Waals surface area (Å²) in [5, 5.41) is 0.359. The Morgan fingerprint density at radius 3 is 2.88 bits per heavy atom. The molecular formula is C12H12ClFO2. The van der Waals surface area contributed by atoms with Crippen molar-refractivity contribution in [1.82, 2.24) is 0 Å². The number of carbonyl (C=O) groups is 1. The highest BCUT2D eigenvalue weighted by Gasteiger charge is 2.02. The van der Waals surface area contributed by atoms with Gasteiger partial charge in [-0.2, -0.15) is 0 Å². The van der Waals surface area contributed by atoms with E-state index in [4.69, 9.17) is 16.3 Å². The molecule has 0 spiro atoms. The second-order valence-corrected chi connectivity index (χ2v) is 3.65. The van der Waals surface area contributed by atoms with Crippen LogP contribution in [0.15, 0.2) is 24.3 Å². The number of hydrogen-bond acceptors (Lipinski definition) is 2. The molecule has 2 nitrogen and oxygen atoms in total. The molecule has 1 aromatic rings. The molecule has 0 N–H and O–H groups in total. The van der Waals surface area contributed by atoms with Crippen molar-refractivity contribution in [2.45, 2.75) is 12.5 Å². The van der Waals surface area contributed by atoms with Crippen LogP contribution in [0.1, 0.15) is 12.0 Å². The van der Waals surface area contributed by atoms with E-state index < -0.39 is 6.10 Å². The molecule has 1 aromatic carbocycles. The molecule has 0 radical (unpaired) electrons. The largest absolute Gasteiger partial charge is 0.374 e. The second kappa shape index (κ2) is 6.40. The van der Waals surface area contributed by atoms with Crippen molar-refractivity contribution in [3.63, 3.8) is 0 Å². The lowest BCUT2D eigenvalue weighted by atomic mass is 10.1. The van der Waals surface area contributed by atoms with Crippen molar-refractivity contribution >= 4 is 24.0 Å². The van der Waals surface area contributed by atoms with Crippen LogP contribution in [0.25, 0.3) is 6.08 Å². The van der Waals surface area contributed by atoms with Crippen molar-refractivity contribution in [2.75, 3.05) is 7.11 Å². The summed E-state index contributed by atoms with van der Waals surface area (Å²) >= 11 is 5.62. The number of aldehydes is 1. The van der Waals surface area contributed by atoms with Gasteiger partial charge in [0.15, 0.2) is 0 Å². The molecule has 0 amide bonds. The van der Waals surface area contributed by atoms with Gasteiger partial charge >= 0.3 is 0 Å². The van der Waals surface area contributed by atoms with Gasteiger partial charge in [0.1, 0.15) is 18.2 Å². The van der Waals surface area contributed by atoms with Crippen LogP contribution in [-0.4, -0.2) is 19.5 Å². The van der Waals surface area contributed by atoms with E-state index >= 15 is 0 Å². The fraction of sp³-hybridized carbons (Fsp3) is 0.250. The summed E-state index contributed by atoms with van der Waals surface area (Å²) in [5.41, 5.74) is 0.435. The van der Waals surface area contributed by atoms with E-state index in [-0.39, 0.29) is 5.82 Å². The molecule has 0 fully saturated rings. The number of hydrogen-bond donors (Lipinski definition) is 0. The van der Waals surface area contributed by atoms with E-state index in [9.17, 15) is 9.18 Å². The van der Waals surface area contributed by atoms with Gasteiger partial charge in [-0.15, -0.1) is 0 Å². The van der Waals surface area contributed by atoms with Gasteiger partial charge in [-0.1, -0.05) is 29.8 Å². The van der Waals surface area contributed by atoms with Gasteiger partial charge in [-0.3, -0.25) is 0 Å². The highest BCUT2D eigenvalue weighted by molar-refractivity contribution is 6.30. The first kappa shape index (κ1) is 12.9. The Labute approximate surface area is 98.7 Å². The average molecular weight is 243 g/mol. The molecule has 0 aliphatic rings. The van der Waals surface area contributed by atoms with Gasteiger partial charge in [0.05, 0.1) is 0 Å². The Bertz CT molecular complexity index is 391. The van der Waals surface area contributed by atoms with E-state index in [1.807, 2.05) is 0 Å². The Morgan fingerprint density at radius 1 is 1.56 bits per heavy atom. The highest BCUT2D eigenvalue weighted by Crippen LogP contribution is 2.16. The summed E-state index contributed by atoms with van der Waals surface area (Å²) in [6.45, 7) is 0. The Kier molecular flexibility index (Phi) is 5.15. The molecule has 0 heterocycles. The summed E-state index contributed by atoms with van der Waals surface area (Å²) in [7, 11) is 1.45. The molecule has 16 heavy (non-hydrogen) atoms. The fourth-order valence-electron chi connectivity index (χ4n) is 1.17. The van der Waals surface area contributed by atoms with Crippen LogP contribution in [0.2, 0.25) is 5.02 Å². The first-order valence-electron chi connectivity index (χ1n) is 4.77. The number of ether oxygens (including phenoxy) is 1. The predicted octanol–water partition coefficient (Wildman–Crippen LogP) is 3.10. The Hall–Kier alpha value is -1.19. The zero-order valence-electron chi connectivity index (χ0n) is 8.82. The minimum absolute atomic E-state index is 0.359. The lowest BCUT2D eigenvalue weighted by Gasteiger charge is -2.03. The van der Waals surface area contributed by atoms with Crippen LogP contribution >= 0.6 is 11.6 Å². The van der Waals surface area contributed by atoms with Gasteiger partial charge in [-0.05, 0) is 18.6 Å². The normalized spacial score (nSPS) is 12.9. The predicted molar refractivity (Wildman–Crippen MR) is 61.9 cm³/mol. The fourth-order valence-corrected chi connectivity index (χ4v) is 1.33. The molecule has 1 atom stereocenters. The van der Waals surface area contributed by atoms with Crippen LogP contribution in [0, 0.1) is 5.82 Å². The maximum atomic E-state index is 13.3. The molecule has 86 valence electrons. The van der Waals surface area contributed by atoms with Crippen molar-refractivity contribution in [3.05, 3.63) is 40.7 Å². The van der Waals surface area contributed by atoms with E-state index in [1.165, 1.54) is 13.2 Å². The van der Waals surface area contributed by atoms with Gasteiger partial charge in [0.25, 0.3) is 0 Å². The maximum Gasteiger partial charge on any atom is 0.149 e. The average Bonchev–Trinajstić information content (AvgIpc) is 2.27. The molecular weight excluding hydrogens is 231 g/mol. The van der Waals surface area contributed by atoms with Gasteiger partial charge < -0.3 is 9.53 Å². The Morgan fingerprint density at radius 2 is 2.31 bits per heavy atom. The maximum absolute atomic E-state index is 13.3. The summed E-state index contributed by atoms with van der Waals surface area (Å²) in [6.07, 6.45) is 3.94. The highest BCUT2D eigenvalue weighted by atomic mass is 35.5. The van der Waals surface area contributed by atoms with Crippen molar-refractivity contribution < 1.29 is 13.9 Å². The third kappa shape index (κ3) is 3.76. The van der Waals surface area contributed by atoms with E-state index in [2.05, 4.69) is 0 Å². The third-order valence-corrected chi connectivity index (χ3v) is 2.32. The van der Waals surface area contributed by atoms with Crippen LogP contribution in [-0.2, 0) is 9.53 Å². The molecule has 4 heteroatoms. The minimum Gasteiger partial charge on any atom is -0.374 e. The lowest BCUT2D eigenvalue weighted by molar-refractivity contribution is -0.116. The molecule has 1 rings (SSSR count). The zero-order valence-corrected chi connectivity index (χ0v) is 9.58. The van der Waals surface area contributed by atoms with Crippen LogP contribution in [0.5, 0.6) is 0 Å². The molecule has 0 saturated carbocycles. The Balaban J connectivity index is 2.65. The van der Waals surface area contributed by atoms with Crippen LogP contribution in [0.3, 0.4) is 0 Å². The summed E-state index contributed by atoms with van der Waals surface area (Å²) in [4.78, 5) is 10.4. The SMILES string of the molecule is CO[C@@H](C=O)C/C=C/c1ccc(Cl)cc1F. The number of rotatable bonds is 5. The second-order valence-electron chi connectivity index (χ2n) is 3.21. The molecule has 0 aromatic heterocycles. The van der Waals surface area contributed by atoms with Crippen molar-refractivity contribution in [3.8, 4) is 0 Å². The molecule has 0 saturated heterocycles. The standard InChI is InChI=1S/C12H12ClFO2/c1-16-11(8-15)4-2-3-9-5-6-10(13)7-12(9)14/h2-3,5-8,11H,4H2,1H3/b3-2+/t11-/m1/s1. The van der Waals surface area contributed by atoms with Gasteiger partial charge in [0.2, 0.25) is 0 Å². The molecule has 0 bridgehead atoms. The lowest BCUT2D eigenvalue weighted by Crippen LogP contribution is -2.09.